The Balaban J connectivity index is 1.69. The molecule has 0 aliphatic carbocycles. The molecule has 2 aliphatic rings. The topological polar surface area (TPSA) is 88.6 Å². The van der Waals surface area contributed by atoms with E-state index in [4.69, 9.17) is 18.9 Å². The molecule has 0 atom stereocenters. The van der Waals surface area contributed by atoms with E-state index in [1.54, 1.807) is 20.3 Å². The van der Waals surface area contributed by atoms with Gasteiger partial charge in [-0.15, -0.1) is 11.3 Å². The molecule has 0 radical (unpaired) electrons. The van der Waals surface area contributed by atoms with Crippen LogP contribution < -0.4 is 20.0 Å². The standard InChI is InChI=1S/C29H29N3O4S/c1-28(2)7-9-32-10-8-29(3,4)23-24(32)17(28)11-15-16(14-30)22(27(33)36-25(15)23)26-31-18-12-19(34-5)20(35-6)13-21(18)37-26/h11-13H,7-10H2,1-6H3. The van der Waals surface area contributed by atoms with Crippen molar-refractivity contribution in [2.75, 3.05) is 32.2 Å². The van der Waals surface area contributed by atoms with Crippen LogP contribution in [0.1, 0.15) is 57.2 Å². The van der Waals surface area contributed by atoms with Gasteiger partial charge in [-0.2, -0.15) is 5.26 Å². The Labute approximate surface area is 219 Å². The molecule has 6 rings (SSSR count). The van der Waals surface area contributed by atoms with Crippen LogP contribution in [0.5, 0.6) is 11.5 Å². The highest BCUT2D eigenvalue weighted by atomic mass is 32.1. The Morgan fingerprint density at radius 3 is 2.41 bits per heavy atom. The maximum Gasteiger partial charge on any atom is 0.348 e. The fourth-order valence-electron chi connectivity index (χ4n) is 5.90. The van der Waals surface area contributed by atoms with Gasteiger partial charge in [-0.05, 0) is 35.3 Å². The van der Waals surface area contributed by atoms with Gasteiger partial charge in [0.05, 0.1) is 30.0 Å². The number of rotatable bonds is 3. The normalized spacial score (nSPS) is 17.5. The summed E-state index contributed by atoms with van der Waals surface area (Å²) < 4.78 is 17.8. The maximum absolute atomic E-state index is 13.6. The molecule has 190 valence electrons. The summed E-state index contributed by atoms with van der Waals surface area (Å²) in [5.41, 5.74) is 4.36. The number of aromatic nitrogens is 1. The summed E-state index contributed by atoms with van der Waals surface area (Å²) in [4.78, 5) is 20.7. The molecule has 0 fully saturated rings. The Kier molecular flexibility index (Phi) is 5.12. The largest absolute Gasteiger partial charge is 0.493 e. The van der Waals surface area contributed by atoms with E-state index in [1.165, 1.54) is 22.6 Å². The van der Waals surface area contributed by atoms with Gasteiger partial charge >= 0.3 is 5.63 Å². The number of hydrogen-bond acceptors (Lipinski definition) is 8. The van der Waals surface area contributed by atoms with Gasteiger partial charge in [0.2, 0.25) is 0 Å². The zero-order chi connectivity index (χ0) is 26.3. The molecule has 0 saturated carbocycles. The molecule has 0 amide bonds. The van der Waals surface area contributed by atoms with Crippen molar-refractivity contribution in [2.24, 2.45) is 0 Å². The van der Waals surface area contributed by atoms with Gasteiger partial charge in [0.1, 0.15) is 22.2 Å². The minimum Gasteiger partial charge on any atom is -0.493 e. The first-order chi connectivity index (χ1) is 17.6. The minimum atomic E-state index is -0.541. The monoisotopic (exact) mass is 515 g/mol. The molecule has 7 nitrogen and oxygen atoms in total. The van der Waals surface area contributed by atoms with E-state index in [-0.39, 0.29) is 16.4 Å². The quantitative estimate of drug-likeness (QED) is 0.303. The number of anilines is 1. The van der Waals surface area contributed by atoms with Crippen molar-refractivity contribution >= 4 is 38.2 Å². The van der Waals surface area contributed by atoms with E-state index in [0.29, 0.717) is 38.6 Å². The van der Waals surface area contributed by atoms with Crippen LogP contribution in [-0.4, -0.2) is 32.3 Å². The third-order valence-electron chi connectivity index (χ3n) is 8.13. The molecule has 2 aromatic carbocycles. The summed E-state index contributed by atoms with van der Waals surface area (Å²) in [5.74, 6) is 1.13. The SMILES string of the molecule is COc1cc2nc(-c3c(C#N)c4cc5c6c(c4oc3=O)C(C)(C)CCN6CCC5(C)C)sc2cc1OC. The number of methoxy groups -OCH3 is 2. The average Bonchev–Trinajstić information content (AvgIpc) is 3.27. The van der Waals surface area contributed by atoms with Gasteiger partial charge in [-0.1, -0.05) is 27.7 Å². The lowest BCUT2D eigenvalue weighted by atomic mass is 9.69. The second kappa shape index (κ2) is 7.96. The number of fused-ring (bicyclic) bond motifs is 3. The number of nitriles is 1. The maximum atomic E-state index is 13.6. The Hall–Kier alpha value is -3.57. The average molecular weight is 516 g/mol. The van der Waals surface area contributed by atoms with Crippen LogP contribution in [0.25, 0.3) is 31.8 Å². The predicted octanol–water partition coefficient (Wildman–Crippen LogP) is 6.13. The van der Waals surface area contributed by atoms with Gasteiger partial charge < -0.3 is 18.8 Å². The lowest BCUT2D eigenvalue weighted by Crippen LogP contribution is -2.44. The van der Waals surface area contributed by atoms with Crippen molar-refractivity contribution in [3.63, 3.8) is 0 Å². The second-order valence-corrected chi connectivity index (χ2v) is 12.3. The highest BCUT2D eigenvalue weighted by molar-refractivity contribution is 7.21. The molecule has 37 heavy (non-hydrogen) atoms. The third-order valence-corrected chi connectivity index (χ3v) is 9.16. The van der Waals surface area contributed by atoms with Crippen molar-refractivity contribution in [1.29, 1.82) is 5.26 Å². The lowest BCUT2D eigenvalue weighted by molar-refractivity contribution is 0.356. The number of ether oxygens (including phenoxy) is 2. The van der Waals surface area contributed by atoms with Gasteiger partial charge in [-0.3, -0.25) is 0 Å². The smallest absolute Gasteiger partial charge is 0.348 e. The van der Waals surface area contributed by atoms with E-state index in [0.717, 1.165) is 36.2 Å². The van der Waals surface area contributed by atoms with E-state index in [1.807, 2.05) is 6.07 Å². The molecule has 0 saturated heterocycles. The lowest BCUT2D eigenvalue weighted by Gasteiger charge is -2.48. The zero-order valence-electron chi connectivity index (χ0n) is 21.9. The molecule has 2 aromatic heterocycles. The fourth-order valence-corrected chi connectivity index (χ4v) is 6.91. The summed E-state index contributed by atoms with van der Waals surface area (Å²) in [7, 11) is 3.15. The van der Waals surface area contributed by atoms with Crippen LogP contribution in [-0.2, 0) is 10.8 Å². The van der Waals surface area contributed by atoms with Gasteiger partial charge in [0.15, 0.2) is 11.5 Å². The summed E-state index contributed by atoms with van der Waals surface area (Å²) in [6, 6.07) is 8.06. The Morgan fingerprint density at radius 2 is 1.73 bits per heavy atom. The minimum absolute atomic E-state index is 0.0613. The Morgan fingerprint density at radius 1 is 1.05 bits per heavy atom. The number of nitrogens with zero attached hydrogens (tertiary/aromatic N) is 3. The van der Waals surface area contributed by atoms with E-state index >= 15 is 0 Å². The molecule has 4 heterocycles. The molecule has 2 aliphatic heterocycles. The first kappa shape index (κ1) is 23.8. The molecule has 0 unspecified atom stereocenters. The number of hydrogen-bond donors (Lipinski definition) is 0. The predicted molar refractivity (Wildman–Crippen MR) is 146 cm³/mol. The molecular formula is C29H29N3O4S. The van der Waals surface area contributed by atoms with Gasteiger partial charge in [-0.25, -0.2) is 9.78 Å². The highest BCUT2D eigenvalue weighted by Gasteiger charge is 2.42. The molecule has 0 N–H and O–H groups in total. The summed E-state index contributed by atoms with van der Waals surface area (Å²) >= 11 is 1.34. The van der Waals surface area contributed by atoms with E-state index in [2.05, 4.69) is 44.7 Å². The van der Waals surface area contributed by atoms with Crippen molar-refractivity contribution in [2.45, 2.75) is 51.4 Å². The van der Waals surface area contributed by atoms with Crippen LogP contribution in [0, 0.1) is 11.3 Å². The van der Waals surface area contributed by atoms with E-state index < -0.39 is 5.63 Å². The first-order valence-corrected chi connectivity index (χ1v) is 13.3. The van der Waals surface area contributed by atoms with Crippen molar-refractivity contribution < 1.29 is 13.9 Å². The molecule has 4 aromatic rings. The fraction of sp³-hybridized carbons (Fsp3) is 0.414. The third kappa shape index (κ3) is 3.37. The first-order valence-electron chi connectivity index (χ1n) is 12.5. The molecular weight excluding hydrogens is 486 g/mol. The summed E-state index contributed by atoms with van der Waals surface area (Å²) in [6.07, 6.45) is 1.98. The van der Waals surface area contributed by atoms with Crippen LogP contribution >= 0.6 is 11.3 Å². The zero-order valence-corrected chi connectivity index (χ0v) is 22.8. The molecule has 0 spiro atoms. The van der Waals surface area contributed by atoms with Crippen molar-refractivity contribution in [3.8, 4) is 28.1 Å². The van der Waals surface area contributed by atoms with Gasteiger partial charge in [0.25, 0.3) is 0 Å². The van der Waals surface area contributed by atoms with Crippen LogP contribution in [0.4, 0.5) is 5.69 Å². The molecule has 8 heteroatoms. The number of thiazole rings is 1. The van der Waals surface area contributed by atoms with Crippen molar-refractivity contribution in [3.05, 3.63) is 45.3 Å². The summed E-state index contributed by atoms with van der Waals surface area (Å²) in [5, 5.41) is 11.6. The summed E-state index contributed by atoms with van der Waals surface area (Å²) in [6.45, 7) is 10.9. The molecule has 0 bridgehead atoms. The van der Waals surface area contributed by atoms with Crippen molar-refractivity contribution in [1.82, 2.24) is 4.98 Å². The number of benzene rings is 2. The van der Waals surface area contributed by atoms with E-state index in [9.17, 15) is 10.1 Å². The second-order valence-electron chi connectivity index (χ2n) is 11.2. The van der Waals surface area contributed by atoms with Crippen LogP contribution in [0.2, 0.25) is 0 Å². The van der Waals surface area contributed by atoms with Crippen LogP contribution in [0.15, 0.2) is 27.4 Å². The highest BCUT2D eigenvalue weighted by Crippen LogP contribution is 2.52. The van der Waals surface area contributed by atoms with Gasteiger partial charge in [0, 0.05) is 41.9 Å². The van der Waals surface area contributed by atoms with Crippen LogP contribution in [0.3, 0.4) is 0 Å². The Bertz CT molecular complexity index is 1660.